The number of rotatable bonds is 5. The van der Waals surface area contributed by atoms with E-state index in [1.807, 2.05) is 12.1 Å². The summed E-state index contributed by atoms with van der Waals surface area (Å²) < 4.78 is 27.5. The Hall–Kier alpha value is -1.28. The van der Waals surface area contributed by atoms with Gasteiger partial charge in [-0.15, -0.1) is 11.3 Å². The topological polar surface area (TPSA) is 53.5 Å². The van der Waals surface area contributed by atoms with Crippen molar-refractivity contribution in [2.75, 3.05) is 26.2 Å². The second-order valence-electron chi connectivity index (χ2n) is 8.04. The van der Waals surface area contributed by atoms with Crippen LogP contribution in [0, 0.1) is 0 Å². The quantitative estimate of drug-likeness (QED) is 0.761. The van der Waals surface area contributed by atoms with Crippen molar-refractivity contribution in [3.05, 3.63) is 45.9 Å². The van der Waals surface area contributed by atoms with Gasteiger partial charge in [0, 0.05) is 38.1 Å². The van der Waals surface area contributed by atoms with Gasteiger partial charge in [0.15, 0.2) is 0 Å². The number of benzene rings is 1. The molecular weight excluding hydrogens is 378 g/mol. The summed E-state index contributed by atoms with van der Waals surface area (Å²) in [6, 6.07) is 7.33. The van der Waals surface area contributed by atoms with Gasteiger partial charge in [0.05, 0.1) is 15.6 Å². The standard InChI is InChI=1S/C20H29N3O2S2/c1-5-19-21-17(15-26-19)14-22-10-12-23(13-11-22)27(24,25)18-8-6-16(7-9-18)20(2,3)4/h6-9,15H,5,10-14H2,1-4H3. The predicted molar refractivity (Wildman–Crippen MR) is 111 cm³/mol. The van der Waals surface area contributed by atoms with Crippen LogP contribution in [0.25, 0.3) is 0 Å². The smallest absolute Gasteiger partial charge is 0.243 e. The van der Waals surface area contributed by atoms with Crippen molar-refractivity contribution in [2.45, 2.75) is 51.0 Å². The number of aromatic nitrogens is 1. The molecule has 0 bridgehead atoms. The number of hydrogen-bond acceptors (Lipinski definition) is 5. The summed E-state index contributed by atoms with van der Waals surface area (Å²) in [5.41, 5.74) is 2.24. The molecular formula is C20H29N3O2S2. The highest BCUT2D eigenvalue weighted by atomic mass is 32.2. The summed E-state index contributed by atoms with van der Waals surface area (Å²) in [7, 11) is -3.43. The van der Waals surface area contributed by atoms with Crippen LogP contribution in [0.1, 0.15) is 44.0 Å². The zero-order valence-electron chi connectivity index (χ0n) is 16.6. The molecule has 0 amide bonds. The molecule has 0 atom stereocenters. The van der Waals surface area contributed by atoms with E-state index in [1.165, 1.54) is 0 Å². The lowest BCUT2D eigenvalue weighted by Crippen LogP contribution is -2.48. The van der Waals surface area contributed by atoms with Crippen LogP contribution in [0.4, 0.5) is 0 Å². The third-order valence-corrected chi connectivity index (χ3v) is 7.93. The maximum absolute atomic E-state index is 13.0. The molecule has 2 heterocycles. The molecule has 5 nitrogen and oxygen atoms in total. The fraction of sp³-hybridized carbons (Fsp3) is 0.550. The number of thiazole rings is 1. The molecule has 1 aromatic heterocycles. The van der Waals surface area contributed by atoms with Crippen LogP contribution >= 0.6 is 11.3 Å². The Balaban J connectivity index is 1.62. The van der Waals surface area contributed by atoms with Crippen molar-refractivity contribution >= 4 is 21.4 Å². The molecule has 0 aliphatic carbocycles. The van der Waals surface area contributed by atoms with Crippen LogP contribution < -0.4 is 0 Å². The van der Waals surface area contributed by atoms with Gasteiger partial charge in [-0.3, -0.25) is 4.90 Å². The van der Waals surface area contributed by atoms with Crippen LogP contribution in [-0.2, 0) is 28.4 Å². The number of sulfonamides is 1. The average molecular weight is 408 g/mol. The SMILES string of the molecule is CCc1nc(CN2CCN(S(=O)(=O)c3ccc(C(C)(C)C)cc3)CC2)cs1. The van der Waals surface area contributed by atoms with Gasteiger partial charge in [-0.1, -0.05) is 39.8 Å². The van der Waals surface area contributed by atoms with Gasteiger partial charge in [-0.2, -0.15) is 4.31 Å². The highest BCUT2D eigenvalue weighted by molar-refractivity contribution is 7.89. The monoisotopic (exact) mass is 407 g/mol. The zero-order valence-corrected chi connectivity index (χ0v) is 18.2. The van der Waals surface area contributed by atoms with Crippen molar-refractivity contribution in [3.63, 3.8) is 0 Å². The lowest BCUT2D eigenvalue weighted by Gasteiger charge is -2.33. The van der Waals surface area contributed by atoms with E-state index in [9.17, 15) is 8.42 Å². The Bertz CT molecular complexity index is 859. The van der Waals surface area contributed by atoms with Gasteiger partial charge in [0.1, 0.15) is 0 Å². The normalized spacial score (nSPS) is 17.3. The van der Waals surface area contributed by atoms with E-state index in [2.05, 4.69) is 43.0 Å². The van der Waals surface area contributed by atoms with E-state index in [1.54, 1.807) is 27.8 Å². The minimum Gasteiger partial charge on any atom is -0.295 e. The van der Waals surface area contributed by atoms with Gasteiger partial charge >= 0.3 is 0 Å². The summed E-state index contributed by atoms with van der Waals surface area (Å²) in [6.07, 6.45) is 0.963. The van der Waals surface area contributed by atoms with E-state index < -0.39 is 10.0 Å². The Morgan fingerprint density at radius 3 is 2.22 bits per heavy atom. The highest BCUT2D eigenvalue weighted by Gasteiger charge is 2.29. The van der Waals surface area contributed by atoms with Crippen molar-refractivity contribution in [3.8, 4) is 0 Å². The van der Waals surface area contributed by atoms with Gasteiger partial charge in [0.25, 0.3) is 0 Å². The first-order chi connectivity index (χ1) is 12.7. The first kappa shape index (κ1) is 20.5. The third-order valence-electron chi connectivity index (χ3n) is 4.98. The first-order valence-electron chi connectivity index (χ1n) is 9.46. The second kappa shape index (κ2) is 7.99. The van der Waals surface area contributed by atoms with E-state index in [-0.39, 0.29) is 5.41 Å². The molecule has 1 aliphatic rings. The predicted octanol–water partition coefficient (Wildman–Crippen LogP) is 3.51. The summed E-state index contributed by atoms with van der Waals surface area (Å²) in [6.45, 7) is 11.8. The summed E-state index contributed by atoms with van der Waals surface area (Å²) in [4.78, 5) is 7.28. The van der Waals surface area contributed by atoms with Gasteiger partial charge in [-0.25, -0.2) is 13.4 Å². The Morgan fingerprint density at radius 1 is 1.07 bits per heavy atom. The van der Waals surface area contributed by atoms with Gasteiger partial charge < -0.3 is 0 Å². The second-order valence-corrected chi connectivity index (χ2v) is 10.9. The van der Waals surface area contributed by atoms with E-state index in [0.717, 1.165) is 42.3 Å². The fourth-order valence-corrected chi connectivity index (χ4v) is 5.38. The van der Waals surface area contributed by atoms with E-state index in [4.69, 9.17) is 0 Å². The van der Waals surface area contributed by atoms with E-state index in [0.29, 0.717) is 18.0 Å². The molecule has 0 spiro atoms. The third kappa shape index (κ3) is 4.77. The molecule has 1 aliphatic heterocycles. The van der Waals surface area contributed by atoms with Crippen LogP contribution in [0.5, 0.6) is 0 Å². The molecule has 1 fully saturated rings. The van der Waals surface area contributed by atoms with Crippen molar-refractivity contribution in [2.24, 2.45) is 0 Å². The first-order valence-corrected chi connectivity index (χ1v) is 11.8. The molecule has 0 N–H and O–H groups in total. The van der Waals surface area contributed by atoms with Crippen molar-refractivity contribution in [1.29, 1.82) is 0 Å². The molecule has 1 aromatic carbocycles. The summed E-state index contributed by atoms with van der Waals surface area (Å²) >= 11 is 1.70. The number of hydrogen-bond donors (Lipinski definition) is 0. The molecule has 27 heavy (non-hydrogen) atoms. The average Bonchev–Trinajstić information content (AvgIpc) is 3.09. The number of aryl methyl sites for hydroxylation is 1. The summed E-state index contributed by atoms with van der Waals surface area (Å²) in [5.74, 6) is 0. The molecule has 1 saturated heterocycles. The highest BCUT2D eigenvalue weighted by Crippen LogP contribution is 2.25. The summed E-state index contributed by atoms with van der Waals surface area (Å²) in [5, 5.41) is 3.27. The van der Waals surface area contributed by atoms with Gasteiger partial charge in [-0.05, 0) is 29.5 Å². The lowest BCUT2D eigenvalue weighted by molar-refractivity contribution is 0.180. The Morgan fingerprint density at radius 2 is 1.70 bits per heavy atom. The number of nitrogens with zero attached hydrogens (tertiary/aromatic N) is 3. The molecule has 0 radical (unpaired) electrons. The fourth-order valence-electron chi connectivity index (χ4n) is 3.22. The van der Waals surface area contributed by atoms with Crippen molar-refractivity contribution < 1.29 is 8.42 Å². The van der Waals surface area contributed by atoms with Crippen LogP contribution in [0.2, 0.25) is 0 Å². The van der Waals surface area contributed by atoms with E-state index >= 15 is 0 Å². The Kier molecular flexibility index (Phi) is 6.05. The minimum absolute atomic E-state index is 0.0151. The van der Waals surface area contributed by atoms with Crippen LogP contribution in [0.3, 0.4) is 0 Å². The largest absolute Gasteiger partial charge is 0.295 e. The van der Waals surface area contributed by atoms with Gasteiger partial charge in [0.2, 0.25) is 10.0 Å². The van der Waals surface area contributed by atoms with Crippen LogP contribution in [0.15, 0.2) is 34.5 Å². The lowest BCUT2D eigenvalue weighted by atomic mass is 9.87. The Labute approximate surface area is 167 Å². The molecule has 7 heteroatoms. The molecule has 0 saturated carbocycles. The maximum Gasteiger partial charge on any atom is 0.243 e. The van der Waals surface area contributed by atoms with Crippen molar-refractivity contribution in [1.82, 2.24) is 14.2 Å². The molecule has 3 rings (SSSR count). The zero-order chi connectivity index (χ0) is 19.7. The molecule has 0 unspecified atom stereocenters. The minimum atomic E-state index is -3.43. The molecule has 2 aromatic rings. The maximum atomic E-state index is 13.0. The molecule has 148 valence electrons. The number of piperazine rings is 1. The van der Waals surface area contributed by atoms with Crippen LogP contribution in [-0.4, -0.2) is 48.8 Å².